The van der Waals surface area contributed by atoms with Crippen molar-refractivity contribution in [1.29, 1.82) is 0 Å². The second kappa shape index (κ2) is 5.81. The van der Waals surface area contributed by atoms with E-state index in [0.717, 1.165) is 0 Å². The summed E-state index contributed by atoms with van der Waals surface area (Å²) in [6.07, 6.45) is 1.32. The van der Waals surface area contributed by atoms with Gasteiger partial charge in [0.05, 0.1) is 19.4 Å². The van der Waals surface area contributed by atoms with E-state index in [0.29, 0.717) is 5.56 Å². The number of halogens is 3. The first-order valence-electron chi connectivity index (χ1n) is 4.36. The molecule has 0 saturated carbocycles. The Balaban J connectivity index is 0.00000225. The second-order valence-electron chi connectivity index (χ2n) is 3.18. The van der Waals surface area contributed by atoms with Crippen molar-refractivity contribution in [2.24, 2.45) is 5.73 Å². The van der Waals surface area contributed by atoms with Crippen molar-refractivity contribution in [3.8, 4) is 0 Å². The molecular weight excluding hydrogens is 242 g/mol. The zero-order valence-corrected chi connectivity index (χ0v) is 9.44. The van der Waals surface area contributed by atoms with Crippen LogP contribution in [0.25, 0.3) is 0 Å². The molecular formula is C9H13ClF2N2O2. The van der Waals surface area contributed by atoms with E-state index in [1.165, 1.54) is 6.26 Å². The number of hydrogen-bond acceptors (Lipinski definition) is 3. The maximum Gasteiger partial charge on any atom is 0.287 e. The summed E-state index contributed by atoms with van der Waals surface area (Å²) in [5.74, 6) is -3.70. The third-order valence-electron chi connectivity index (χ3n) is 1.87. The van der Waals surface area contributed by atoms with Crippen LogP contribution >= 0.6 is 12.4 Å². The van der Waals surface area contributed by atoms with Crippen molar-refractivity contribution in [3.05, 3.63) is 23.7 Å². The minimum absolute atomic E-state index is 0. The van der Waals surface area contributed by atoms with Crippen LogP contribution in [0.1, 0.15) is 16.1 Å². The fourth-order valence-corrected chi connectivity index (χ4v) is 0.967. The third kappa shape index (κ3) is 3.79. The summed E-state index contributed by atoms with van der Waals surface area (Å²) in [6, 6.07) is 1.58. The van der Waals surface area contributed by atoms with E-state index in [4.69, 9.17) is 10.2 Å². The van der Waals surface area contributed by atoms with E-state index < -0.39 is 24.9 Å². The number of aryl methyl sites for hydroxylation is 1. The lowest BCUT2D eigenvalue weighted by Crippen LogP contribution is -2.41. The van der Waals surface area contributed by atoms with Gasteiger partial charge in [0.15, 0.2) is 5.76 Å². The molecule has 0 aliphatic carbocycles. The van der Waals surface area contributed by atoms with Crippen LogP contribution in [-0.4, -0.2) is 24.9 Å². The number of carbonyl (C=O) groups is 1. The predicted octanol–water partition coefficient (Wildman–Crippen LogP) is 1.33. The smallest absolute Gasteiger partial charge is 0.287 e. The van der Waals surface area contributed by atoms with Crippen LogP contribution < -0.4 is 11.1 Å². The molecule has 1 heterocycles. The lowest BCUT2D eigenvalue weighted by molar-refractivity contribution is 0.0115. The molecule has 16 heavy (non-hydrogen) atoms. The first-order valence-corrected chi connectivity index (χ1v) is 4.36. The van der Waals surface area contributed by atoms with Crippen molar-refractivity contribution in [3.63, 3.8) is 0 Å². The molecule has 0 aliphatic heterocycles. The van der Waals surface area contributed by atoms with Crippen molar-refractivity contribution < 1.29 is 18.0 Å². The number of hydrogen-bond donors (Lipinski definition) is 2. The van der Waals surface area contributed by atoms with Gasteiger partial charge in [-0.1, -0.05) is 0 Å². The molecule has 0 saturated heterocycles. The van der Waals surface area contributed by atoms with Gasteiger partial charge in [-0.15, -0.1) is 12.4 Å². The van der Waals surface area contributed by atoms with Crippen molar-refractivity contribution in [2.75, 3.05) is 13.1 Å². The molecule has 1 aromatic heterocycles. The van der Waals surface area contributed by atoms with Gasteiger partial charge in [0.25, 0.3) is 11.8 Å². The average molecular weight is 255 g/mol. The normalized spacial score (nSPS) is 10.8. The molecule has 7 heteroatoms. The Kier molecular flexibility index (Phi) is 5.40. The molecule has 3 N–H and O–H groups in total. The summed E-state index contributed by atoms with van der Waals surface area (Å²) < 4.78 is 30.2. The third-order valence-corrected chi connectivity index (χ3v) is 1.87. The number of rotatable bonds is 4. The van der Waals surface area contributed by atoms with E-state index in [1.54, 1.807) is 13.0 Å². The molecule has 0 bridgehead atoms. The summed E-state index contributed by atoms with van der Waals surface area (Å²) in [6.45, 7) is 0.0619. The summed E-state index contributed by atoms with van der Waals surface area (Å²) in [5, 5.41) is 2.05. The highest BCUT2D eigenvalue weighted by Gasteiger charge is 2.28. The van der Waals surface area contributed by atoms with Gasteiger partial charge < -0.3 is 15.5 Å². The van der Waals surface area contributed by atoms with E-state index in [9.17, 15) is 13.6 Å². The van der Waals surface area contributed by atoms with Gasteiger partial charge >= 0.3 is 0 Å². The summed E-state index contributed by atoms with van der Waals surface area (Å²) in [7, 11) is 0. The number of nitrogens with two attached hydrogens (primary N) is 1. The Bertz CT molecular complexity index is 355. The number of amides is 1. The number of alkyl halides is 2. The van der Waals surface area contributed by atoms with Crippen LogP contribution in [0.15, 0.2) is 16.7 Å². The van der Waals surface area contributed by atoms with E-state index in [2.05, 4.69) is 5.32 Å². The molecule has 0 unspecified atom stereocenters. The molecule has 0 spiro atoms. The maximum absolute atomic E-state index is 12.7. The van der Waals surface area contributed by atoms with Gasteiger partial charge in [-0.2, -0.15) is 0 Å². The first-order chi connectivity index (χ1) is 6.96. The highest BCUT2D eigenvalue weighted by Crippen LogP contribution is 2.11. The molecule has 4 nitrogen and oxygen atoms in total. The molecule has 1 rings (SSSR count). The molecule has 92 valence electrons. The Hall–Kier alpha value is -1.14. The number of nitrogens with one attached hydrogen (secondary N) is 1. The monoisotopic (exact) mass is 254 g/mol. The van der Waals surface area contributed by atoms with Crippen LogP contribution in [-0.2, 0) is 0 Å². The number of furan rings is 1. The highest BCUT2D eigenvalue weighted by molar-refractivity contribution is 5.92. The minimum atomic E-state index is -3.09. The molecule has 0 aliphatic rings. The van der Waals surface area contributed by atoms with Gasteiger partial charge in [0, 0.05) is 5.56 Å². The standard InChI is InChI=1S/C9H12F2N2O2.ClH/c1-6-2-3-15-7(6)8(14)13-5-9(10,11)4-12;/h2-3H,4-5,12H2,1H3,(H,13,14);1H. The molecule has 1 amide bonds. The lowest BCUT2D eigenvalue weighted by Gasteiger charge is -2.13. The van der Waals surface area contributed by atoms with E-state index in [1.807, 2.05) is 0 Å². The van der Waals surface area contributed by atoms with Gasteiger partial charge in [-0.05, 0) is 13.0 Å². The number of carbonyl (C=O) groups excluding carboxylic acids is 1. The molecule has 0 atom stereocenters. The quantitative estimate of drug-likeness (QED) is 0.852. The lowest BCUT2D eigenvalue weighted by atomic mass is 10.2. The first kappa shape index (κ1) is 14.9. The Labute approximate surface area is 97.6 Å². The second-order valence-corrected chi connectivity index (χ2v) is 3.18. The topological polar surface area (TPSA) is 68.3 Å². The minimum Gasteiger partial charge on any atom is -0.459 e. The largest absolute Gasteiger partial charge is 0.459 e. The van der Waals surface area contributed by atoms with Gasteiger partial charge in [0.2, 0.25) is 0 Å². The fraction of sp³-hybridized carbons (Fsp3) is 0.444. The summed E-state index contributed by atoms with van der Waals surface area (Å²) >= 11 is 0. The highest BCUT2D eigenvalue weighted by atomic mass is 35.5. The van der Waals surface area contributed by atoms with Gasteiger partial charge in [0.1, 0.15) is 0 Å². The molecule has 0 fully saturated rings. The summed E-state index contributed by atoms with van der Waals surface area (Å²) in [4.78, 5) is 11.3. The van der Waals surface area contributed by atoms with E-state index >= 15 is 0 Å². The van der Waals surface area contributed by atoms with Gasteiger partial charge in [-0.25, -0.2) is 8.78 Å². The van der Waals surface area contributed by atoms with Crippen LogP contribution in [0.2, 0.25) is 0 Å². The van der Waals surface area contributed by atoms with Crippen molar-refractivity contribution >= 4 is 18.3 Å². The van der Waals surface area contributed by atoms with Crippen LogP contribution in [0.3, 0.4) is 0 Å². The van der Waals surface area contributed by atoms with Crippen LogP contribution in [0, 0.1) is 6.92 Å². The molecule has 1 aromatic rings. The van der Waals surface area contributed by atoms with Crippen LogP contribution in [0.5, 0.6) is 0 Å². The Morgan fingerprint density at radius 1 is 1.62 bits per heavy atom. The average Bonchev–Trinajstić information content (AvgIpc) is 2.61. The van der Waals surface area contributed by atoms with E-state index in [-0.39, 0.29) is 18.2 Å². The van der Waals surface area contributed by atoms with Gasteiger partial charge in [-0.3, -0.25) is 4.79 Å². The Morgan fingerprint density at radius 2 is 2.25 bits per heavy atom. The zero-order valence-electron chi connectivity index (χ0n) is 8.63. The molecule has 0 aromatic carbocycles. The van der Waals surface area contributed by atoms with Crippen molar-refractivity contribution in [1.82, 2.24) is 5.32 Å². The zero-order chi connectivity index (χ0) is 11.5. The molecule has 0 radical (unpaired) electrons. The maximum atomic E-state index is 12.7. The summed E-state index contributed by atoms with van der Waals surface area (Å²) in [5.41, 5.74) is 5.42. The van der Waals surface area contributed by atoms with Crippen LogP contribution in [0.4, 0.5) is 8.78 Å². The predicted molar refractivity (Wildman–Crippen MR) is 57.0 cm³/mol. The van der Waals surface area contributed by atoms with Crippen molar-refractivity contribution in [2.45, 2.75) is 12.8 Å². The Morgan fingerprint density at radius 3 is 2.69 bits per heavy atom. The SMILES string of the molecule is Cc1ccoc1C(=O)NCC(F)(F)CN.Cl. The fourth-order valence-electron chi connectivity index (χ4n) is 0.967.